The Morgan fingerprint density at radius 2 is 1.78 bits per heavy atom. The Morgan fingerprint density at radius 3 is 2.44 bits per heavy atom. The molecule has 0 spiro atoms. The molecule has 1 fully saturated rings. The highest BCUT2D eigenvalue weighted by molar-refractivity contribution is 5.17. The summed E-state index contributed by atoms with van der Waals surface area (Å²) in [4.78, 5) is 0. The van der Waals surface area contributed by atoms with E-state index in [1.165, 1.54) is 25.7 Å². The van der Waals surface area contributed by atoms with Crippen LogP contribution in [0.25, 0.3) is 0 Å². The van der Waals surface area contributed by atoms with E-state index < -0.39 is 0 Å². The molecule has 1 aromatic carbocycles. The Balaban J connectivity index is 1.94. The summed E-state index contributed by atoms with van der Waals surface area (Å²) in [5, 5.41) is 10.3. The Labute approximate surface area is 110 Å². The van der Waals surface area contributed by atoms with Crippen molar-refractivity contribution in [2.24, 2.45) is 17.6 Å². The van der Waals surface area contributed by atoms with Crippen LogP contribution in [0.2, 0.25) is 0 Å². The average molecular weight is 247 g/mol. The molecule has 0 radical (unpaired) electrons. The van der Waals surface area contributed by atoms with E-state index in [2.05, 4.69) is 0 Å². The molecule has 1 saturated carbocycles. The van der Waals surface area contributed by atoms with E-state index in [4.69, 9.17) is 5.73 Å². The monoisotopic (exact) mass is 247 g/mol. The van der Waals surface area contributed by atoms with Crippen molar-refractivity contribution in [1.29, 1.82) is 0 Å². The van der Waals surface area contributed by atoms with Crippen LogP contribution >= 0.6 is 0 Å². The normalized spacial score (nSPS) is 25.9. The summed E-state index contributed by atoms with van der Waals surface area (Å²) in [5.41, 5.74) is 6.75. The van der Waals surface area contributed by atoms with Crippen LogP contribution in [0.1, 0.15) is 50.2 Å². The molecular weight excluding hydrogens is 222 g/mol. The molecule has 18 heavy (non-hydrogen) atoms. The molecule has 1 aliphatic carbocycles. The van der Waals surface area contributed by atoms with Crippen LogP contribution in [0, 0.1) is 11.8 Å². The molecule has 0 aromatic heterocycles. The molecular formula is C16H25NO. The quantitative estimate of drug-likeness (QED) is 0.839. The molecule has 0 heterocycles. The smallest absolute Gasteiger partial charge is 0.0792 e. The molecule has 3 atom stereocenters. The van der Waals surface area contributed by atoms with E-state index in [1.54, 1.807) is 0 Å². The number of hydrogen-bond acceptors (Lipinski definition) is 2. The molecule has 3 unspecified atom stereocenters. The Hall–Kier alpha value is -0.860. The lowest BCUT2D eigenvalue weighted by atomic mass is 9.74. The highest BCUT2D eigenvalue weighted by atomic mass is 16.3. The summed E-state index contributed by atoms with van der Waals surface area (Å²) in [6.45, 7) is 0.780. The van der Waals surface area contributed by atoms with Crippen LogP contribution in [-0.2, 0) is 0 Å². The summed E-state index contributed by atoms with van der Waals surface area (Å²) in [6.07, 6.45) is 6.91. The number of rotatable bonds is 5. The van der Waals surface area contributed by atoms with Crippen molar-refractivity contribution in [3.8, 4) is 0 Å². The van der Waals surface area contributed by atoms with Crippen LogP contribution in [-0.4, -0.2) is 11.7 Å². The van der Waals surface area contributed by atoms with Crippen molar-refractivity contribution in [3.63, 3.8) is 0 Å². The summed E-state index contributed by atoms with van der Waals surface area (Å²) in [6, 6.07) is 10.0. The minimum atomic E-state index is -0.311. The van der Waals surface area contributed by atoms with Gasteiger partial charge in [0.05, 0.1) is 6.10 Å². The van der Waals surface area contributed by atoms with E-state index in [9.17, 15) is 5.11 Å². The largest absolute Gasteiger partial charge is 0.388 e. The zero-order chi connectivity index (χ0) is 12.8. The van der Waals surface area contributed by atoms with Crippen molar-refractivity contribution in [2.45, 2.75) is 44.6 Å². The fourth-order valence-electron chi connectivity index (χ4n) is 3.29. The van der Waals surface area contributed by atoms with Crippen LogP contribution < -0.4 is 5.73 Å². The molecule has 0 bridgehead atoms. The van der Waals surface area contributed by atoms with E-state index in [1.807, 2.05) is 30.3 Å². The van der Waals surface area contributed by atoms with Crippen molar-refractivity contribution in [1.82, 2.24) is 0 Å². The van der Waals surface area contributed by atoms with Crippen LogP contribution in [0.15, 0.2) is 30.3 Å². The van der Waals surface area contributed by atoms with Gasteiger partial charge in [0.15, 0.2) is 0 Å². The maximum Gasteiger partial charge on any atom is 0.0792 e. The van der Waals surface area contributed by atoms with E-state index in [-0.39, 0.29) is 6.10 Å². The van der Waals surface area contributed by atoms with Crippen LogP contribution in [0.5, 0.6) is 0 Å². The molecule has 2 nitrogen and oxygen atoms in total. The Bertz CT molecular complexity index is 336. The molecule has 0 saturated heterocycles. The number of aliphatic hydroxyl groups excluding tert-OH is 1. The molecule has 2 heteroatoms. The first-order chi connectivity index (χ1) is 8.81. The van der Waals surface area contributed by atoms with Gasteiger partial charge in [-0.05, 0) is 36.8 Å². The number of aliphatic hydroxyl groups is 1. The second-order valence-electron chi connectivity index (χ2n) is 5.54. The second kappa shape index (κ2) is 6.91. The Kier molecular flexibility index (Phi) is 5.21. The first kappa shape index (κ1) is 13.6. The fraction of sp³-hybridized carbons (Fsp3) is 0.625. The van der Waals surface area contributed by atoms with Gasteiger partial charge in [0.1, 0.15) is 0 Å². The third-order valence-electron chi connectivity index (χ3n) is 4.31. The predicted octanol–water partition coefficient (Wildman–Crippen LogP) is 3.27. The first-order valence-corrected chi connectivity index (χ1v) is 7.24. The third kappa shape index (κ3) is 3.56. The van der Waals surface area contributed by atoms with Crippen LogP contribution in [0.4, 0.5) is 0 Å². The third-order valence-corrected chi connectivity index (χ3v) is 4.31. The zero-order valence-electron chi connectivity index (χ0n) is 11.1. The summed E-state index contributed by atoms with van der Waals surface area (Å²) < 4.78 is 0. The van der Waals surface area contributed by atoms with Gasteiger partial charge in [0.2, 0.25) is 0 Å². The highest BCUT2D eigenvalue weighted by Gasteiger charge is 2.26. The maximum atomic E-state index is 10.3. The lowest BCUT2D eigenvalue weighted by Gasteiger charge is -2.32. The molecule has 1 aliphatic rings. The zero-order valence-corrected chi connectivity index (χ0v) is 11.1. The van der Waals surface area contributed by atoms with Gasteiger partial charge in [0, 0.05) is 0 Å². The van der Waals surface area contributed by atoms with Gasteiger partial charge >= 0.3 is 0 Å². The minimum absolute atomic E-state index is 0.311. The lowest BCUT2D eigenvalue weighted by molar-refractivity contribution is 0.103. The van der Waals surface area contributed by atoms with Crippen molar-refractivity contribution >= 4 is 0 Å². The average Bonchev–Trinajstić information content (AvgIpc) is 2.42. The van der Waals surface area contributed by atoms with Gasteiger partial charge in [-0.3, -0.25) is 0 Å². The summed E-state index contributed by atoms with van der Waals surface area (Å²) in [7, 11) is 0. The van der Waals surface area contributed by atoms with Gasteiger partial charge < -0.3 is 10.8 Å². The van der Waals surface area contributed by atoms with Gasteiger partial charge in [-0.2, -0.15) is 0 Å². The molecule has 0 aliphatic heterocycles. The fourth-order valence-corrected chi connectivity index (χ4v) is 3.29. The number of hydrogen-bond donors (Lipinski definition) is 2. The van der Waals surface area contributed by atoms with E-state index in [0.717, 1.165) is 30.9 Å². The van der Waals surface area contributed by atoms with Crippen molar-refractivity contribution in [3.05, 3.63) is 35.9 Å². The maximum absolute atomic E-state index is 10.3. The summed E-state index contributed by atoms with van der Waals surface area (Å²) in [5.74, 6) is 1.37. The van der Waals surface area contributed by atoms with Crippen molar-refractivity contribution < 1.29 is 5.11 Å². The van der Waals surface area contributed by atoms with E-state index in [0.29, 0.717) is 5.92 Å². The van der Waals surface area contributed by atoms with Gasteiger partial charge in [-0.1, -0.05) is 56.0 Å². The second-order valence-corrected chi connectivity index (χ2v) is 5.54. The first-order valence-electron chi connectivity index (χ1n) is 7.24. The van der Waals surface area contributed by atoms with Gasteiger partial charge in [-0.15, -0.1) is 0 Å². The lowest BCUT2D eigenvalue weighted by Crippen LogP contribution is -2.24. The van der Waals surface area contributed by atoms with Gasteiger partial charge in [0.25, 0.3) is 0 Å². The number of nitrogens with two attached hydrogens (primary N) is 1. The van der Waals surface area contributed by atoms with E-state index >= 15 is 0 Å². The summed E-state index contributed by atoms with van der Waals surface area (Å²) >= 11 is 0. The minimum Gasteiger partial charge on any atom is -0.388 e. The van der Waals surface area contributed by atoms with Crippen LogP contribution in [0.3, 0.4) is 0 Å². The molecule has 100 valence electrons. The topological polar surface area (TPSA) is 46.2 Å². The highest BCUT2D eigenvalue weighted by Crippen LogP contribution is 2.37. The molecule has 3 N–H and O–H groups in total. The number of benzene rings is 1. The molecule has 1 aromatic rings. The van der Waals surface area contributed by atoms with Gasteiger partial charge in [-0.25, -0.2) is 0 Å². The SMILES string of the molecule is NCCC1CCCCC1CC(O)c1ccccc1. The predicted molar refractivity (Wildman–Crippen MR) is 75.1 cm³/mol. The standard InChI is InChI=1S/C16H25NO/c17-11-10-13-6-4-5-9-15(13)12-16(18)14-7-2-1-3-8-14/h1-3,7-8,13,15-16,18H,4-6,9-12,17H2. The Morgan fingerprint density at radius 1 is 1.11 bits per heavy atom. The molecule has 0 amide bonds. The van der Waals surface area contributed by atoms with Crippen molar-refractivity contribution in [2.75, 3.05) is 6.54 Å². The molecule has 2 rings (SSSR count).